The van der Waals surface area contributed by atoms with E-state index in [0.717, 1.165) is 23.2 Å². The molecular weight excluding hydrogens is 348 g/mol. The van der Waals surface area contributed by atoms with Gasteiger partial charge >= 0.3 is 0 Å². The number of nitrogens with one attached hydrogen (secondary N) is 2. The molecule has 2 aromatic carbocycles. The molecule has 0 radical (unpaired) electrons. The van der Waals surface area contributed by atoms with Crippen LogP contribution in [0.5, 0.6) is 0 Å². The maximum atomic E-state index is 12.5. The Hall–Kier alpha value is -2.92. The van der Waals surface area contributed by atoms with E-state index in [1.165, 1.54) is 0 Å². The summed E-state index contributed by atoms with van der Waals surface area (Å²) in [6.45, 7) is 3.94. The van der Waals surface area contributed by atoms with Crippen LogP contribution in [0.1, 0.15) is 28.5 Å². The normalized spacial score (nSPS) is 10.4. The second kappa shape index (κ2) is 7.97. The van der Waals surface area contributed by atoms with Crippen molar-refractivity contribution in [2.24, 2.45) is 0 Å². The number of carbonyl (C=O) groups is 1. The number of benzene rings is 2. The summed E-state index contributed by atoms with van der Waals surface area (Å²) in [5, 5.41) is 6.62. The molecule has 0 aliphatic rings. The fraction of sp³-hybridized carbons (Fsp3) is 0.150. The zero-order valence-corrected chi connectivity index (χ0v) is 15.3. The predicted molar refractivity (Wildman–Crippen MR) is 105 cm³/mol. The highest BCUT2D eigenvalue weighted by molar-refractivity contribution is 6.31. The highest BCUT2D eigenvalue weighted by Crippen LogP contribution is 2.23. The number of halogens is 1. The molecule has 1 amide bonds. The Bertz CT molecular complexity index is 943. The predicted octanol–water partition coefficient (Wildman–Crippen LogP) is 5.00. The Kier molecular flexibility index (Phi) is 5.49. The number of nitrogens with zero attached hydrogens (tertiary/aromatic N) is 2. The van der Waals surface area contributed by atoms with Gasteiger partial charge in [0.25, 0.3) is 5.91 Å². The lowest BCUT2D eigenvalue weighted by Crippen LogP contribution is -2.15. The standard InChI is InChI=1S/C20H19ClN4O/c1-3-14-7-4-5-9-17(14)24-20-22-12-11-18(25-20)19(26)23-16-10-6-8-15(21)13(16)2/h4-12H,3H2,1-2H3,(H,23,26)(H,22,24,25). The summed E-state index contributed by atoms with van der Waals surface area (Å²) in [5.41, 5.74) is 3.83. The summed E-state index contributed by atoms with van der Waals surface area (Å²) in [7, 11) is 0. The van der Waals surface area contributed by atoms with Gasteiger partial charge < -0.3 is 10.6 Å². The monoisotopic (exact) mass is 366 g/mol. The molecule has 3 rings (SSSR count). The quantitative estimate of drug-likeness (QED) is 0.667. The van der Waals surface area contributed by atoms with Crippen LogP contribution in [0, 0.1) is 6.92 Å². The van der Waals surface area contributed by atoms with E-state index in [2.05, 4.69) is 27.5 Å². The number of rotatable bonds is 5. The molecule has 0 aliphatic heterocycles. The van der Waals surface area contributed by atoms with Crippen molar-refractivity contribution in [3.63, 3.8) is 0 Å². The van der Waals surface area contributed by atoms with Crippen molar-refractivity contribution in [1.29, 1.82) is 0 Å². The van der Waals surface area contributed by atoms with E-state index in [-0.39, 0.29) is 11.6 Å². The summed E-state index contributed by atoms with van der Waals surface area (Å²) in [6, 6.07) is 14.9. The molecule has 0 bridgehead atoms. The van der Waals surface area contributed by atoms with E-state index in [4.69, 9.17) is 11.6 Å². The number of hydrogen-bond donors (Lipinski definition) is 2. The summed E-state index contributed by atoms with van der Waals surface area (Å²) in [5.74, 6) is 0.0611. The minimum atomic E-state index is -0.315. The Morgan fingerprint density at radius 1 is 1.08 bits per heavy atom. The zero-order chi connectivity index (χ0) is 18.5. The summed E-state index contributed by atoms with van der Waals surface area (Å²) in [4.78, 5) is 21.1. The van der Waals surface area contributed by atoms with Crippen molar-refractivity contribution in [1.82, 2.24) is 9.97 Å². The van der Waals surface area contributed by atoms with Crippen LogP contribution in [0.4, 0.5) is 17.3 Å². The maximum absolute atomic E-state index is 12.5. The third-order valence-corrected chi connectivity index (χ3v) is 4.46. The molecule has 0 saturated carbocycles. The van der Waals surface area contributed by atoms with Crippen molar-refractivity contribution in [2.75, 3.05) is 10.6 Å². The SMILES string of the molecule is CCc1ccccc1Nc1nccc(C(=O)Nc2cccc(Cl)c2C)n1. The van der Waals surface area contributed by atoms with Gasteiger partial charge in [0.2, 0.25) is 5.95 Å². The number of hydrogen-bond acceptors (Lipinski definition) is 4. The number of carbonyl (C=O) groups excluding carboxylic acids is 1. The minimum absolute atomic E-state index is 0.274. The second-order valence-electron chi connectivity index (χ2n) is 5.77. The van der Waals surface area contributed by atoms with E-state index < -0.39 is 0 Å². The highest BCUT2D eigenvalue weighted by atomic mass is 35.5. The Morgan fingerprint density at radius 2 is 1.85 bits per heavy atom. The van der Waals surface area contributed by atoms with E-state index in [9.17, 15) is 4.79 Å². The van der Waals surface area contributed by atoms with Gasteiger partial charge in [-0.25, -0.2) is 9.97 Å². The molecule has 1 aromatic heterocycles. The van der Waals surface area contributed by atoms with Crippen molar-refractivity contribution < 1.29 is 4.79 Å². The molecule has 5 nitrogen and oxygen atoms in total. The van der Waals surface area contributed by atoms with Gasteiger partial charge in [0, 0.05) is 22.6 Å². The first-order chi connectivity index (χ1) is 12.6. The van der Waals surface area contributed by atoms with Crippen molar-refractivity contribution in [3.8, 4) is 0 Å². The molecule has 0 atom stereocenters. The molecule has 0 spiro atoms. The topological polar surface area (TPSA) is 66.9 Å². The number of amides is 1. The molecule has 6 heteroatoms. The summed E-state index contributed by atoms with van der Waals surface area (Å²) in [6.07, 6.45) is 2.45. The van der Waals surface area contributed by atoms with Crippen molar-refractivity contribution >= 4 is 34.8 Å². The van der Waals surface area contributed by atoms with Gasteiger partial charge in [-0.2, -0.15) is 0 Å². The van der Waals surface area contributed by atoms with Crippen LogP contribution >= 0.6 is 11.6 Å². The zero-order valence-electron chi connectivity index (χ0n) is 14.6. The molecule has 3 aromatic rings. The lowest BCUT2D eigenvalue weighted by atomic mass is 10.1. The number of para-hydroxylation sites is 1. The van der Waals surface area contributed by atoms with E-state index in [1.54, 1.807) is 30.5 Å². The number of aryl methyl sites for hydroxylation is 1. The van der Waals surface area contributed by atoms with E-state index in [0.29, 0.717) is 16.7 Å². The molecule has 2 N–H and O–H groups in total. The molecule has 1 heterocycles. The largest absolute Gasteiger partial charge is 0.324 e. The van der Waals surface area contributed by atoms with Gasteiger partial charge in [0.1, 0.15) is 5.69 Å². The smallest absolute Gasteiger partial charge is 0.274 e. The summed E-state index contributed by atoms with van der Waals surface area (Å²) >= 11 is 6.10. The molecule has 0 fully saturated rings. The third-order valence-electron chi connectivity index (χ3n) is 4.05. The average molecular weight is 367 g/mol. The Balaban J connectivity index is 1.80. The van der Waals surface area contributed by atoms with Gasteiger partial charge in [-0.3, -0.25) is 4.79 Å². The fourth-order valence-corrected chi connectivity index (χ4v) is 2.72. The number of aromatic nitrogens is 2. The van der Waals surface area contributed by atoms with Gasteiger partial charge in [-0.15, -0.1) is 0 Å². The van der Waals surface area contributed by atoms with Crippen LogP contribution in [0.25, 0.3) is 0 Å². The van der Waals surface area contributed by atoms with Crippen LogP contribution in [0.2, 0.25) is 5.02 Å². The lowest BCUT2D eigenvalue weighted by molar-refractivity contribution is 0.102. The van der Waals surface area contributed by atoms with Gasteiger partial charge in [0.15, 0.2) is 0 Å². The maximum Gasteiger partial charge on any atom is 0.274 e. The first-order valence-electron chi connectivity index (χ1n) is 8.33. The molecule has 132 valence electrons. The average Bonchev–Trinajstić information content (AvgIpc) is 2.66. The molecule has 0 unspecified atom stereocenters. The highest BCUT2D eigenvalue weighted by Gasteiger charge is 2.12. The molecule has 0 aliphatic carbocycles. The first kappa shape index (κ1) is 17.9. The van der Waals surface area contributed by atoms with E-state index in [1.807, 2.05) is 31.2 Å². The molecule has 0 saturated heterocycles. The lowest BCUT2D eigenvalue weighted by Gasteiger charge is -2.11. The van der Waals surface area contributed by atoms with Crippen LogP contribution in [0.15, 0.2) is 54.7 Å². The first-order valence-corrected chi connectivity index (χ1v) is 8.70. The number of anilines is 3. The van der Waals surface area contributed by atoms with Crippen LogP contribution in [0.3, 0.4) is 0 Å². The van der Waals surface area contributed by atoms with Gasteiger partial charge in [-0.05, 0) is 48.7 Å². The van der Waals surface area contributed by atoms with Crippen LogP contribution < -0.4 is 10.6 Å². The van der Waals surface area contributed by atoms with Crippen molar-refractivity contribution in [2.45, 2.75) is 20.3 Å². The van der Waals surface area contributed by atoms with Gasteiger partial charge in [-0.1, -0.05) is 42.8 Å². The van der Waals surface area contributed by atoms with E-state index >= 15 is 0 Å². The Labute approximate surface area is 157 Å². The van der Waals surface area contributed by atoms with Crippen LogP contribution in [-0.4, -0.2) is 15.9 Å². The molecule has 26 heavy (non-hydrogen) atoms. The van der Waals surface area contributed by atoms with Crippen LogP contribution in [-0.2, 0) is 6.42 Å². The van der Waals surface area contributed by atoms with Crippen molar-refractivity contribution in [3.05, 3.63) is 76.6 Å². The summed E-state index contributed by atoms with van der Waals surface area (Å²) < 4.78 is 0. The molecular formula is C20H19ClN4O. The minimum Gasteiger partial charge on any atom is -0.324 e. The third kappa shape index (κ3) is 4.00. The Morgan fingerprint density at radius 3 is 2.65 bits per heavy atom. The second-order valence-corrected chi connectivity index (χ2v) is 6.17. The fourth-order valence-electron chi connectivity index (χ4n) is 2.55. The van der Waals surface area contributed by atoms with Gasteiger partial charge in [0.05, 0.1) is 0 Å².